The van der Waals surface area contributed by atoms with Crippen molar-refractivity contribution in [2.24, 2.45) is 0 Å². The van der Waals surface area contributed by atoms with Gasteiger partial charge >= 0.3 is 0 Å². The summed E-state index contributed by atoms with van der Waals surface area (Å²) in [7, 11) is -3.84. The van der Waals surface area contributed by atoms with Crippen molar-refractivity contribution in [2.45, 2.75) is 4.90 Å². The second kappa shape index (κ2) is 4.75. The van der Waals surface area contributed by atoms with Crippen LogP contribution in [-0.4, -0.2) is 23.4 Å². The van der Waals surface area contributed by atoms with E-state index < -0.39 is 15.6 Å². The highest BCUT2D eigenvalue weighted by Crippen LogP contribution is 2.14. The zero-order valence-electron chi connectivity index (χ0n) is 8.79. The molecule has 0 saturated carbocycles. The number of sulfonamides is 1. The Balaban J connectivity index is 2.37. The van der Waals surface area contributed by atoms with E-state index in [2.05, 4.69) is 19.7 Å². The molecule has 2 aromatic heterocycles. The van der Waals surface area contributed by atoms with Crippen LogP contribution in [0.4, 0.5) is 5.69 Å². The van der Waals surface area contributed by atoms with Crippen molar-refractivity contribution < 1.29 is 8.42 Å². The molecular weight excluding hydrogens is 280 g/mol. The molecule has 9 heteroatoms. The quantitative estimate of drug-likeness (QED) is 0.860. The predicted molar refractivity (Wildman–Crippen MR) is 64.9 cm³/mol. The molecule has 0 aliphatic carbocycles. The molecule has 0 unspecified atom stereocenters. The highest BCUT2D eigenvalue weighted by molar-refractivity contribution is 7.92. The Morgan fingerprint density at radius 1 is 1.28 bits per heavy atom. The van der Waals surface area contributed by atoms with Gasteiger partial charge in [-0.05, 0) is 6.07 Å². The van der Waals surface area contributed by atoms with E-state index in [1.165, 1.54) is 18.7 Å². The van der Waals surface area contributed by atoms with Crippen molar-refractivity contribution in [1.82, 2.24) is 15.0 Å². The number of H-pyrrole nitrogens is 1. The molecule has 0 saturated heterocycles. The monoisotopic (exact) mass is 286 g/mol. The zero-order chi connectivity index (χ0) is 13.2. The van der Waals surface area contributed by atoms with Gasteiger partial charge in [0.15, 0.2) is 0 Å². The molecule has 0 atom stereocenters. The third kappa shape index (κ3) is 2.66. The topological polar surface area (TPSA) is 105 Å². The molecule has 0 aliphatic heterocycles. The van der Waals surface area contributed by atoms with Crippen LogP contribution in [0.3, 0.4) is 0 Å². The van der Waals surface area contributed by atoms with Crippen LogP contribution in [0, 0.1) is 0 Å². The Morgan fingerprint density at radius 2 is 1.94 bits per heavy atom. The Morgan fingerprint density at radius 3 is 2.56 bits per heavy atom. The molecule has 0 fully saturated rings. The van der Waals surface area contributed by atoms with E-state index in [1.54, 1.807) is 0 Å². The third-order valence-corrected chi connectivity index (χ3v) is 3.60. The average Bonchev–Trinajstić information content (AvgIpc) is 2.33. The van der Waals surface area contributed by atoms with Gasteiger partial charge in [-0.1, -0.05) is 11.6 Å². The molecule has 0 amide bonds. The maximum atomic E-state index is 11.9. The SMILES string of the molecule is O=c1[nH]cc(S(=O)(=O)Nc2cncnc2)cc1Cl. The Hall–Kier alpha value is -1.93. The minimum absolute atomic E-state index is 0.157. The maximum absolute atomic E-state index is 11.9. The van der Waals surface area contributed by atoms with E-state index >= 15 is 0 Å². The van der Waals surface area contributed by atoms with E-state index in [0.717, 1.165) is 12.3 Å². The molecule has 2 rings (SSSR count). The maximum Gasteiger partial charge on any atom is 0.266 e. The summed E-state index contributed by atoms with van der Waals surface area (Å²) in [6.45, 7) is 0. The summed E-state index contributed by atoms with van der Waals surface area (Å²) >= 11 is 5.56. The average molecular weight is 287 g/mol. The number of anilines is 1. The second-order valence-corrected chi connectivity index (χ2v) is 5.33. The lowest BCUT2D eigenvalue weighted by Gasteiger charge is -2.06. The molecule has 94 valence electrons. The first-order valence-electron chi connectivity index (χ1n) is 4.65. The first kappa shape index (κ1) is 12.5. The van der Waals surface area contributed by atoms with Gasteiger partial charge in [0.25, 0.3) is 15.6 Å². The van der Waals surface area contributed by atoms with Crippen molar-refractivity contribution in [3.05, 3.63) is 46.4 Å². The van der Waals surface area contributed by atoms with Crippen LogP contribution in [0.1, 0.15) is 0 Å². The smallest absolute Gasteiger partial charge is 0.266 e. The van der Waals surface area contributed by atoms with Crippen molar-refractivity contribution in [3.63, 3.8) is 0 Å². The Labute approximate surface area is 107 Å². The summed E-state index contributed by atoms with van der Waals surface area (Å²) in [6.07, 6.45) is 4.94. The zero-order valence-corrected chi connectivity index (χ0v) is 10.4. The van der Waals surface area contributed by atoms with Gasteiger partial charge in [0.1, 0.15) is 16.2 Å². The fourth-order valence-electron chi connectivity index (χ4n) is 1.16. The molecule has 0 aliphatic rings. The number of hydrogen-bond acceptors (Lipinski definition) is 5. The van der Waals surface area contributed by atoms with Gasteiger partial charge < -0.3 is 4.98 Å². The van der Waals surface area contributed by atoms with Gasteiger partial charge in [-0.3, -0.25) is 9.52 Å². The summed E-state index contributed by atoms with van der Waals surface area (Å²) in [4.78, 5) is 20.4. The number of rotatable bonds is 3. The van der Waals surface area contributed by atoms with Crippen LogP contribution >= 0.6 is 11.6 Å². The van der Waals surface area contributed by atoms with Gasteiger partial charge in [-0.2, -0.15) is 0 Å². The van der Waals surface area contributed by atoms with Crippen LogP contribution < -0.4 is 10.3 Å². The lowest BCUT2D eigenvalue weighted by molar-refractivity contribution is 0.600. The number of halogens is 1. The van der Waals surface area contributed by atoms with E-state index in [9.17, 15) is 13.2 Å². The van der Waals surface area contributed by atoms with Crippen LogP contribution in [-0.2, 0) is 10.0 Å². The van der Waals surface area contributed by atoms with Crippen molar-refractivity contribution in [2.75, 3.05) is 4.72 Å². The normalized spacial score (nSPS) is 11.2. The number of aromatic nitrogens is 3. The fourth-order valence-corrected chi connectivity index (χ4v) is 2.42. The minimum Gasteiger partial charge on any atom is -0.326 e. The van der Waals surface area contributed by atoms with Crippen molar-refractivity contribution in [1.29, 1.82) is 0 Å². The van der Waals surface area contributed by atoms with E-state index in [0.29, 0.717) is 0 Å². The minimum atomic E-state index is -3.84. The number of nitrogens with one attached hydrogen (secondary N) is 2. The molecule has 2 N–H and O–H groups in total. The van der Waals surface area contributed by atoms with E-state index in [1.807, 2.05) is 0 Å². The van der Waals surface area contributed by atoms with Gasteiger partial charge in [-0.25, -0.2) is 18.4 Å². The molecule has 2 aromatic rings. The lowest BCUT2D eigenvalue weighted by atomic mass is 10.5. The molecule has 7 nitrogen and oxygen atoms in total. The number of hydrogen-bond donors (Lipinski definition) is 2. The number of aromatic amines is 1. The van der Waals surface area contributed by atoms with Crippen LogP contribution in [0.2, 0.25) is 5.02 Å². The first-order chi connectivity index (χ1) is 8.49. The fraction of sp³-hybridized carbons (Fsp3) is 0. The highest BCUT2D eigenvalue weighted by atomic mass is 35.5. The van der Waals surface area contributed by atoms with Gasteiger partial charge in [0, 0.05) is 6.20 Å². The van der Waals surface area contributed by atoms with Gasteiger partial charge in [0.05, 0.1) is 18.1 Å². The van der Waals surface area contributed by atoms with Crippen molar-refractivity contribution >= 4 is 27.3 Å². The first-order valence-corrected chi connectivity index (χ1v) is 6.51. The molecule has 0 radical (unpaired) electrons. The largest absolute Gasteiger partial charge is 0.326 e. The highest BCUT2D eigenvalue weighted by Gasteiger charge is 2.15. The number of pyridine rings is 1. The standard InChI is InChI=1S/C9H7ClN4O3S/c10-8-1-7(4-13-9(8)15)18(16,17)14-6-2-11-5-12-3-6/h1-5,14H,(H,13,15). The molecule has 2 heterocycles. The van der Waals surface area contributed by atoms with Crippen LogP contribution in [0.25, 0.3) is 0 Å². The predicted octanol–water partition coefficient (Wildman–Crippen LogP) is 0.619. The second-order valence-electron chi connectivity index (χ2n) is 3.25. The van der Waals surface area contributed by atoms with Crippen LogP contribution in [0.15, 0.2) is 40.7 Å². The summed E-state index contributed by atoms with van der Waals surface area (Å²) in [6, 6.07) is 1.06. The summed E-state index contributed by atoms with van der Waals surface area (Å²) < 4.78 is 26.1. The lowest BCUT2D eigenvalue weighted by Crippen LogP contribution is -2.16. The summed E-state index contributed by atoms with van der Waals surface area (Å²) in [5, 5.41) is -0.206. The van der Waals surface area contributed by atoms with Gasteiger partial charge in [0.2, 0.25) is 0 Å². The third-order valence-electron chi connectivity index (χ3n) is 1.95. The molecule has 0 spiro atoms. The molecule has 0 bridgehead atoms. The van der Waals surface area contributed by atoms with E-state index in [4.69, 9.17) is 11.6 Å². The Bertz CT molecular complexity index is 714. The van der Waals surface area contributed by atoms with E-state index in [-0.39, 0.29) is 15.6 Å². The van der Waals surface area contributed by atoms with Crippen LogP contribution in [0.5, 0.6) is 0 Å². The molecule has 18 heavy (non-hydrogen) atoms. The van der Waals surface area contributed by atoms with Gasteiger partial charge in [-0.15, -0.1) is 0 Å². The summed E-state index contributed by atoms with van der Waals surface area (Å²) in [5.74, 6) is 0. The number of nitrogens with zero attached hydrogens (tertiary/aromatic N) is 2. The molecular formula is C9H7ClN4O3S. The Kier molecular flexibility index (Phi) is 3.30. The molecule has 0 aromatic carbocycles. The summed E-state index contributed by atoms with van der Waals surface area (Å²) in [5.41, 5.74) is -0.349. The van der Waals surface area contributed by atoms with Crippen molar-refractivity contribution in [3.8, 4) is 0 Å².